The molecule has 1 aliphatic heterocycles. The molecule has 2 amide bonds. The lowest BCUT2D eigenvalue weighted by molar-refractivity contribution is -0.126. The molecule has 1 heterocycles. The summed E-state index contributed by atoms with van der Waals surface area (Å²) in [5, 5.41) is 2.69. The predicted octanol–water partition coefficient (Wildman–Crippen LogP) is -0.317. The highest BCUT2D eigenvalue weighted by molar-refractivity contribution is 7.89. The van der Waals surface area contributed by atoms with Crippen LogP contribution < -0.4 is 16.8 Å². The van der Waals surface area contributed by atoms with Gasteiger partial charge in [-0.1, -0.05) is 6.07 Å². The minimum Gasteiger partial charge on any atom is -0.366 e. The van der Waals surface area contributed by atoms with Crippen LogP contribution in [0, 0.1) is 5.92 Å². The molecule has 25 heavy (non-hydrogen) atoms. The number of piperidine rings is 1. The Hall–Kier alpha value is -1.68. The Kier molecular flexibility index (Phi) is 7.81. The zero-order valence-corrected chi connectivity index (χ0v) is 15.3. The number of rotatable bonds is 6. The van der Waals surface area contributed by atoms with Crippen LogP contribution in [0.15, 0.2) is 29.2 Å². The van der Waals surface area contributed by atoms with Crippen LogP contribution in [-0.2, 0) is 14.8 Å². The highest BCUT2D eigenvalue weighted by Crippen LogP contribution is 2.24. The maximum Gasteiger partial charge on any atom is 0.248 e. The van der Waals surface area contributed by atoms with Crippen molar-refractivity contribution < 1.29 is 18.0 Å². The molecular weight excluding hydrogens is 368 g/mol. The van der Waals surface area contributed by atoms with Crippen molar-refractivity contribution in [3.63, 3.8) is 0 Å². The third-order valence-corrected chi connectivity index (χ3v) is 5.82. The molecule has 1 fully saturated rings. The summed E-state index contributed by atoms with van der Waals surface area (Å²) in [5.74, 6) is -1.28. The Morgan fingerprint density at radius 3 is 2.68 bits per heavy atom. The number of carbonyl (C=O) groups excluding carboxylic acids is 2. The molecule has 1 aliphatic rings. The molecule has 5 N–H and O–H groups in total. The first-order valence-electron chi connectivity index (χ1n) is 7.74. The number of halogens is 1. The minimum atomic E-state index is -3.78. The molecule has 0 bridgehead atoms. The SMILES string of the molecule is Cl.NCCNC(=O)C1CCCN(S(=O)(=O)c2cccc(C(N)=O)c2)C1. The van der Waals surface area contributed by atoms with Gasteiger partial charge in [-0.15, -0.1) is 12.4 Å². The number of benzene rings is 1. The van der Waals surface area contributed by atoms with Gasteiger partial charge in [-0.3, -0.25) is 9.59 Å². The number of nitrogens with zero attached hydrogens (tertiary/aromatic N) is 1. The van der Waals surface area contributed by atoms with E-state index in [0.717, 1.165) is 0 Å². The Balaban J connectivity index is 0.00000312. The van der Waals surface area contributed by atoms with Gasteiger partial charge in [-0.2, -0.15) is 4.31 Å². The van der Waals surface area contributed by atoms with E-state index in [1.807, 2.05) is 0 Å². The van der Waals surface area contributed by atoms with Gasteiger partial charge in [-0.05, 0) is 31.0 Å². The largest absolute Gasteiger partial charge is 0.366 e. The van der Waals surface area contributed by atoms with Gasteiger partial charge in [0.15, 0.2) is 0 Å². The Bertz CT molecular complexity index is 726. The molecule has 1 atom stereocenters. The molecular formula is C15H23ClN4O4S. The van der Waals surface area contributed by atoms with Crippen molar-refractivity contribution in [3.8, 4) is 0 Å². The van der Waals surface area contributed by atoms with Crippen LogP contribution in [0.5, 0.6) is 0 Å². The second-order valence-corrected chi connectivity index (χ2v) is 7.61. The summed E-state index contributed by atoms with van der Waals surface area (Å²) in [6.45, 7) is 1.15. The van der Waals surface area contributed by atoms with E-state index < -0.39 is 21.8 Å². The van der Waals surface area contributed by atoms with Crippen LogP contribution in [0.25, 0.3) is 0 Å². The maximum absolute atomic E-state index is 12.8. The second kappa shape index (κ2) is 9.14. The second-order valence-electron chi connectivity index (χ2n) is 5.67. The fraction of sp³-hybridized carbons (Fsp3) is 0.467. The lowest BCUT2D eigenvalue weighted by Gasteiger charge is -2.31. The van der Waals surface area contributed by atoms with Crippen LogP contribution in [0.2, 0.25) is 0 Å². The summed E-state index contributed by atoms with van der Waals surface area (Å²) in [5.41, 5.74) is 10.7. The first-order chi connectivity index (χ1) is 11.4. The Labute approximate surface area is 153 Å². The zero-order valence-electron chi connectivity index (χ0n) is 13.7. The van der Waals surface area contributed by atoms with Gasteiger partial charge in [0, 0.05) is 31.7 Å². The fourth-order valence-corrected chi connectivity index (χ4v) is 4.24. The number of hydrogen-bond acceptors (Lipinski definition) is 5. The molecule has 8 nitrogen and oxygen atoms in total. The van der Waals surface area contributed by atoms with E-state index in [2.05, 4.69) is 5.32 Å². The summed E-state index contributed by atoms with van der Waals surface area (Å²) in [6.07, 6.45) is 1.22. The van der Waals surface area contributed by atoms with Gasteiger partial charge < -0.3 is 16.8 Å². The average molecular weight is 391 g/mol. The molecule has 0 spiro atoms. The van der Waals surface area contributed by atoms with Crippen LogP contribution in [-0.4, -0.2) is 50.7 Å². The number of nitrogens with one attached hydrogen (secondary N) is 1. The maximum atomic E-state index is 12.8. The van der Waals surface area contributed by atoms with E-state index in [1.54, 1.807) is 0 Å². The highest BCUT2D eigenvalue weighted by atomic mass is 35.5. The molecule has 0 radical (unpaired) electrons. The smallest absolute Gasteiger partial charge is 0.248 e. The zero-order chi connectivity index (χ0) is 17.7. The monoisotopic (exact) mass is 390 g/mol. The number of amides is 2. The Morgan fingerprint density at radius 2 is 2.04 bits per heavy atom. The van der Waals surface area contributed by atoms with Gasteiger partial charge in [0.2, 0.25) is 21.8 Å². The quantitative estimate of drug-likeness (QED) is 0.611. The highest BCUT2D eigenvalue weighted by Gasteiger charge is 2.33. The molecule has 0 saturated carbocycles. The van der Waals surface area contributed by atoms with Crippen molar-refractivity contribution in [1.29, 1.82) is 0 Å². The third-order valence-electron chi connectivity index (χ3n) is 3.95. The van der Waals surface area contributed by atoms with Gasteiger partial charge in [0.25, 0.3) is 0 Å². The molecule has 0 aliphatic carbocycles. The van der Waals surface area contributed by atoms with Crippen molar-refractivity contribution in [1.82, 2.24) is 9.62 Å². The van der Waals surface area contributed by atoms with Crippen LogP contribution in [0.3, 0.4) is 0 Å². The van der Waals surface area contributed by atoms with E-state index in [9.17, 15) is 18.0 Å². The molecule has 1 aromatic carbocycles. The number of hydrogen-bond donors (Lipinski definition) is 3. The molecule has 1 aromatic rings. The topological polar surface area (TPSA) is 136 Å². The number of carbonyl (C=O) groups is 2. The summed E-state index contributed by atoms with van der Waals surface area (Å²) in [4.78, 5) is 23.3. The summed E-state index contributed by atoms with van der Waals surface area (Å²) in [6, 6.07) is 5.61. The Morgan fingerprint density at radius 1 is 1.32 bits per heavy atom. The van der Waals surface area contributed by atoms with Crippen molar-refractivity contribution in [2.45, 2.75) is 17.7 Å². The van der Waals surface area contributed by atoms with Crippen molar-refractivity contribution in [3.05, 3.63) is 29.8 Å². The van der Waals surface area contributed by atoms with Crippen LogP contribution in [0.4, 0.5) is 0 Å². The minimum absolute atomic E-state index is 0. The van der Waals surface area contributed by atoms with Crippen molar-refractivity contribution >= 4 is 34.2 Å². The normalized spacial score (nSPS) is 18.2. The molecule has 2 rings (SSSR count). The van der Waals surface area contributed by atoms with Gasteiger partial charge >= 0.3 is 0 Å². The summed E-state index contributed by atoms with van der Waals surface area (Å²) in [7, 11) is -3.78. The number of sulfonamides is 1. The first kappa shape index (κ1) is 21.4. The molecule has 140 valence electrons. The van der Waals surface area contributed by atoms with Gasteiger partial charge in [0.1, 0.15) is 0 Å². The number of nitrogens with two attached hydrogens (primary N) is 2. The summed E-state index contributed by atoms with van der Waals surface area (Å²) < 4.78 is 26.8. The molecule has 10 heteroatoms. The lowest BCUT2D eigenvalue weighted by atomic mass is 9.99. The fourth-order valence-electron chi connectivity index (χ4n) is 2.67. The number of primary amides is 1. The predicted molar refractivity (Wildman–Crippen MR) is 95.8 cm³/mol. The molecule has 0 aromatic heterocycles. The van der Waals surface area contributed by atoms with Gasteiger partial charge in [0.05, 0.1) is 10.8 Å². The van der Waals surface area contributed by atoms with E-state index in [4.69, 9.17) is 11.5 Å². The van der Waals surface area contributed by atoms with Crippen LogP contribution in [0.1, 0.15) is 23.2 Å². The van der Waals surface area contributed by atoms with Crippen molar-refractivity contribution in [2.24, 2.45) is 17.4 Å². The van der Waals surface area contributed by atoms with Gasteiger partial charge in [-0.25, -0.2) is 8.42 Å². The van der Waals surface area contributed by atoms with Crippen molar-refractivity contribution in [2.75, 3.05) is 26.2 Å². The van der Waals surface area contributed by atoms with E-state index in [-0.39, 0.29) is 35.3 Å². The van der Waals surface area contributed by atoms with E-state index in [0.29, 0.717) is 32.5 Å². The summed E-state index contributed by atoms with van der Waals surface area (Å²) >= 11 is 0. The lowest BCUT2D eigenvalue weighted by Crippen LogP contribution is -2.46. The molecule has 1 unspecified atom stereocenters. The standard InChI is InChI=1S/C15H22N4O4S.ClH/c16-6-7-18-15(21)12-4-2-8-19(10-12)24(22,23)13-5-1-3-11(9-13)14(17)20;/h1,3,5,9,12H,2,4,6-8,10,16H2,(H2,17,20)(H,18,21);1H. The molecule has 1 saturated heterocycles. The van der Waals surface area contributed by atoms with E-state index >= 15 is 0 Å². The first-order valence-corrected chi connectivity index (χ1v) is 9.18. The third kappa shape index (κ3) is 5.15. The average Bonchev–Trinajstić information content (AvgIpc) is 2.59. The van der Waals surface area contributed by atoms with Crippen LogP contribution >= 0.6 is 12.4 Å². The van der Waals surface area contributed by atoms with E-state index in [1.165, 1.54) is 28.6 Å².